The smallest absolute Gasteiger partial charge is 0.0691 e. The van der Waals surface area contributed by atoms with Gasteiger partial charge >= 0.3 is 0 Å². The quantitative estimate of drug-likeness (QED) is 0.304. The Morgan fingerprint density at radius 1 is 0.903 bits per heavy atom. The van der Waals surface area contributed by atoms with Crippen LogP contribution in [0.15, 0.2) is 30.3 Å². The van der Waals surface area contributed by atoms with Gasteiger partial charge in [0, 0.05) is 30.0 Å². The molecule has 2 aliphatic carbocycles. The van der Waals surface area contributed by atoms with E-state index in [0.29, 0.717) is 0 Å². The van der Waals surface area contributed by atoms with Gasteiger partial charge in [-0.25, -0.2) is 0 Å². The molecule has 0 amide bonds. The molecular weight excluding hydrogens is 422 g/mol. The van der Waals surface area contributed by atoms with Crippen LogP contribution < -0.4 is 0 Å². The predicted molar refractivity (Wildman–Crippen MR) is 126 cm³/mol. The van der Waals surface area contributed by atoms with Crippen LogP contribution in [0.3, 0.4) is 0 Å². The van der Waals surface area contributed by atoms with Crippen molar-refractivity contribution in [3.05, 3.63) is 99.6 Å². The topological polar surface area (TPSA) is 23.5 Å². The van der Waals surface area contributed by atoms with E-state index in [2.05, 4.69) is 68.4 Å². The summed E-state index contributed by atoms with van der Waals surface area (Å²) in [6.45, 7) is 5.23. The predicted octanol–water partition coefficient (Wildman–Crippen LogP) is 5.42. The minimum Gasteiger partial charge on any atom is -0.394 e. The first-order valence-corrected chi connectivity index (χ1v) is 11.0. The van der Waals surface area contributed by atoms with Crippen molar-refractivity contribution in [1.29, 1.82) is 0 Å². The minimum absolute atomic E-state index is 0. The normalized spacial score (nSPS) is 17.8. The maximum Gasteiger partial charge on any atom is 0.0691 e. The van der Waals surface area contributed by atoms with E-state index >= 15 is 0 Å². The van der Waals surface area contributed by atoms with Crippen molar-refractivity contribution in [3.63, 3.8) is 0 Å². The van der Waals surface area contributed by atoms with Crippen molar-refractivity contribution in [2.75, 3.05) is 13.2 Å². The molecule has 2 nitrogen and oxygen atoms in total. The molecule has 2 aliphatic rings. The van der Waals surface area contributed by atoms with Crippen molar-refractivity contribution in [2.45, 2.75) is 51.6 Å². The molecule has 1 aromatic carbocycles. The Bertz CT molecular complexity index is 591. The summed E-state index contributed by atoms with van der Waals surface area (Å²) in [5.41, 5.74) is 1.14. The Morgan fingerprint density at radius 3 is 2.06 bits per heavy atom. The molecular formula is C28H35FeNO. The van der Waals surface area contributed by atoms with Crippen LogP contribution in [0.2, 0.25) is 0 Å². The van der Waals surface area contributed by atoms with E-state index in [1.54, 1.807) is 0 Å². The van der Waals surface area contributed by atoms with Gasteiger partial charge in [-0.2, -0.15) is 0 Å². The van der Waals surface area contributed by atoms with Gasteiger partial charge in [0.2, 0.25) is 0 Å². The minimum atomic E-state index is -0.0453. The van der Waals surface area contributed by atoms with Crippen LogP contribution in [0.5, 0.6) is 0 Å². The monoisotopic (exact) mass is 457 g/mol. The van der Waals surface area contributed by atoms with Crippen LogP contribution in [0.4, 0.5) is 0 Å². The number of hydrogen-bond donors (Lipinski definition) is 1. The molecule has 1 N–H and O–H groups in total. The molecule has 0 aliphatic heterocycles. The number of benzene rings is 1. The van der Waals surface area contributed by atoms with Gasteiger partial charge in [0.05, 0.1) is 18.7 Å². The number of hydrogen-bond acceptors (Lipinski definition) is 2. The number of unbranched alkanes of at least 4 members (excludes halogenated alkanes) is 3. The number of rotatable bonds is 9. The zero-order valence-electron chi connectivity index (χ0n) is 18.7. The maximum atomic E-state index is 10.1. The molecule has 2 saturated carbocycles. The molecule has 0 saturated heterocycles. The largest absolute Gasteiger partial charge is 0.394 e. The van der Waals surface area contributed by atoms with Crippen molar-refractivity contribution >= 4 is 0 Å². The molecule has 3 rings (SSSR count). The first kappa shape index (κ1) is 28.3. The van der Waals surface area contributed by atoms with Crippen LogP contribution in [0.25, 0.3) is 0 Å². The number of aliphatic hydroxyl groups is 1. The second-order valence-corrected chi connectivity index (χ2v) is 7.49. The van der Waals surface area contributed by atoms with E-state index in [1.165, 1.54) is 25.2 Å². The third kappa shape index (κ3) is 11.1. The van der Waals surface area contributed by atoms with Gasteiger partial charge in [0.25, 0.3) is 0 Å². The molecule has 0 bridgehead atoms. The van der Waals surface area contributed by atoms with Gasteiger partial charge in [-0.1, -0.05) is 56.0 Å². The van der Waals surface area contributed by atoms with E-state index in [4.69, 9.17) is 0 Å². The Morgan fingerprint density at radius 2 is 1.52 bits per heavy atom. The van der Waals surface area contributed by atoms with Gasteiger partial charge in [0.1, 0.15) is 0 Å². The molecule has 10 radical (unpaired) electrons. The average molecular weight is 457 g/mol. The summed E-state index contributed by atoms with van der Waals surface area (Å²) in [5, 5.41) is 10.1. The van der Waals surface area contributed by atoms with Crippen molar-refractivity contribution in [3.8, 4) is 11.8 Å². The van der Waals surface area contributed by atoms with Crippen LogP contribution in [-0.4, -0.2) is 29.2 Å². The summed E-state index contributed by atoms with van der Waals surface area (Å²) in [7, 11) is 0. The second kappa shape index (κ2) is 17.7. The zero-order chi connectivity index (χ0) is 21.4. The van der Waals surface area contributed by atoms with Crippen LogP contribution in [0.1, 0.15) is 51.1 Å². The molecule has 2 fully saturated rings. The third-order valence-corrected chi connectivity index (χ3v) is 5.12. The fourth-order valence-corrected chi connectivity index (χ4v) is 3.41. The summed E-state index contributed by atoms with van der Waals surface area (Å²) in [4.78, 5) is 2.30. The van der Waals surface area contributed by atoms with Crippen LogP contribution in [-0.2, 0) is 17.1 Å². The Balaban J connectivity index is 0.000000701. The van der Waals surface area contributed by atoms with E-state index in [9.17, 15) is 5.11 Å². The van der Waals surface area contributed by atoms with Crippen molar-refractivity contribution in [1.82, 2.24) is 4.90 Å². The first-order chi connectivity index (χ1) is 14.8. The molecule has 166 valence electrons. The number of nitrogens with zero attached hydrogens (tertiary/aromatic N) is 1. The maximum absolute atomic E-state index is 10.1. The molecule has 2 atom stereocenters. The summed E-state index contributed by atoms with van der Waals surface area (Å²) >= 11 is 0. The molecule has 3 heteroatoms. The van der Waals surface area contributed by atoms with Crippen LogP contribution in [0, 0.1) is 75.5 Å². The second-order valence-electron chi connectivity index (χ2n) is 7.49. The Hall–Kier alpha value is -0.781. The zero-order valence-corrected chi connectivity index (χ0v) is 19.8. The van der Waals surface area contributed by atoms with Crippen molar-refractivity contribution < 1.29 is 22.2 Å². The van der Waals surface area contributed by atoms with Gasteiger partial charge in [-0.15, -0.1) is 5.92 Å². The van der Waals surface area contributed by atoms with Crippen molar-refractivity contribution in [2.24, 2.45) is 0 Å². The SMILES string of the molecule is CCCCCC#C[C@@H](C)N(C[C]1[CH][CH][CH][CH]1)[C@@H](CO)c1ccccc1.[CH]1[CH][CH][CH][CH]1.[Fe]. The van der Waals surface area contributed by atoms with Gasteiger partial charge in [0.15, 0.2) is 0 Å². The van der Waals surface area contributed by atoms with Crippen LogP contribution >= 0.6 is 0 Å². The Labute approximate surface area is 203 Å². The fourth-order valence-electron chi connectivity index (χ4n) is 3.41. The molecule has 0 aromatic heterocycles. The van der Waals surface area contributed by atoms with Gasteiger partial charge in [-0.05, 0) is 82.6 Å². The Kier molecular flexibility index (Phi) is 16.2. The molecule has 31 heavy (non-hydrogen) atoms. The van der Waals surface area contributed by atoms with Gasteiger partial charge in [-0.3, -0.25) is 4.90 Å². The fraction of sp³-hybridized carbons (Fsp3) is 0.357. The van der Waals surface area contributed by atoms with E-state index in [1.807, 2.05) is 50.3 Å². The summed E-state index contributed by atoms with van der Waals surface area (Å²) in [6, 6.07) is 10.3. The summed E-state index contributed by atoms with van der Waals surface area (Å²) in [5.74, 6) is 8.00. The first-order valence-electron chi connectivity index (χ1n) is 11.0. The third-order valence-electron chi connectivity index (χ3n) is 5.12. The standard InChI is InChI=1S/C23H30NO.C5H5.Fe/c1-3-4-5-6-8-13-20(2)24(18-21-14-11-12-15-21)23(19-25)22-16-9-7-10-17-22;1-2-4-5-3-1;/h7,9-12,14-17,20,23,25H,3-6,18-19H2,1-2H3;1-5H;/t20-,23+;;/m1../s1. The van der Waals surface area contributed by atoms with Gasteiger partial charge < -0.3 is 5.11 Å². The number of aliphatic hydroxyl groups excluding tert-OH is 1. The van der Waals surface area contributed by atoms with E-state index < -0.39 is 0 Å². The molecule has 0 heterocycles. The average Bonchev–Trinajstić information content (AvgIpc) is 3.51. The molecule has 0 spiro atoms. The van der Waals surface area contributed by atoms with E-state index in [-0.39, 0.29) is 35.8 Å². The van der Waals surface area contributed by atoms with E-state index in [0.717, 1.165) is 18.5 Å². The molecule has 1 aromatic rings. The summed E-state index contributed by atoms with van der Waals surface area (Å²) in [6.07, 6.45) is 23.0. The summed E-state index contributed by atoms with van der Waals surface area (Å²) < 4.78 is 0. The molecule has 0 unspecified atom stereocenters.